The van der Waals surface area contributed by atoms with Crippen LogP contribution >= 0.6 is 0 Å². The summed E-state index contributed by atoms with van der Waals surface area (Å²) < 4.78 is 10.8. The van der Waals surface area contributed by atoms with Gasteiger partial charge in [-0.15, -0.1) is 0 Å². The van der Waals surface area contributed by atoms with Gasteiger partial charge in [-0.3, -0.25) is 10.1 Å². The fraction of sp³-hybridized carbons (Fsp3) is 0.600. The summed E-state index contributed by atoms with van der Waals surface area (Å²) in [6.45, 7) is 8.65. The number of ether oxygens (including phenoxy) is 2. The number of nitrogens with one attached hydrogen (secondary N) is 1. The Hall–Kier alpha value is -1.82. The minimum Gasteiger partial charge on any atom is -0.487 e. The summed E-state index contributed by atoms with van der Waals surface area (Å²) >= 11 is 0. The number of nitro groups is 1. The molecule has 6 nitrogen and oxygen atoms in total. The van der Waals surface area contributed by atoms with Gasteiger partial charge in [0.25, 0.3) is 0 Å². The molecule has 1 rings (SSSR count). The zero-order valence-electron chi connectivity index (χ0n) is 12.9. The first kappa shape index (κ1) is 17.2. The Balaban J connectivity index is 2.45. The van der Waals surface area contributed by atoms with E-state index in [-0.39, 0.29) is 5.69 Å². The topological polar surface area (TPSA) is 73.6 Å². The average Bonchev–Trinajstić information content (AvgIpc) is 2.42. The first-order chi connectivity index (χ1) is 10.0. The van der Waals surface area contributed by atoms with Gasteiger partial charge in [-0.1, -0.05) is 13.8 Å². The molecule has 118 valence electrons. The molecule has 0 aliphatic carbocycles. The summed E-state index contributed by atoms with van der Waals surface area (Å²) in [5.74, 6) is 0.838. The highest BCUT2D eigenvalue weighted by Crippen LogP contribution is 2.29. The summed E-state index contributed by atoms with van der Waals surface area (Å²) in [5, 5.41) is 14.1. The first-order valence-corrected chi connectivity index (χ1v) is 7.27. The Bertz CT molecular complexity index is 449. The smallest absolute Gasteiger partial charge is 0.311 e. The quantitative estimate of drug-likeness (QED) is 0.406. The van der Waals surface area contributed by atoms with E-state index in [2.05, 4.69) is 19.2 Å². The van der Waals surface area contributed by atoms with Crippen LogP contribution in [0.25, 0.3) is 0 Å². The monoisotopic (exact) mass is 296 g/mol. The van der Waals surface area contributed by atoms with Crippen LogP contribution in [0.1, 0.15) is 27.2 Å². The second-order valence-electron chi connectivity index (χ2n) is 5.12. The number of rotatable bonds is 10. The fourth-order valence-electron chi connectivity index (χ4n) is 1.77. The minimum atomic E-state index is -0.436. The molecule has 0 heterocycles. The molecule has 0 atom stereocenters. The van der Waals surface area contributed by atoms with Crippen molar-refractivity contribution >= 4 is 11.4 Å². The van der Waals surface area contributed by atoms with E-state index >= 15 is 0 Å². The lowest BCUT2D eigenvalue weighted by Gasteiger charge is -2.10. The van der Waals surface area contributed by atoms with Crippen LogP contribution in [0.5, 0.6) is 5.75 Å². The second-order valence-corrected chi connectivity index (χ2v) is 5.12. The maximum atomic E-state index is 10.9. The molecule has 0 radical (unpaired) electrons. The molecule has 0 aromatic heterocycles. The van der Waals surface area contributed by atoms with E-state index in [9.17, 15) is 10.1 Å². The van der Waals surface area contributed by atoms with Crippen LogP contribution in [0, 0.1) is 16.0 Å². The summed E-state index contributed by atoms with van der Waals surface area (Å²) in [5.41, 5.74) is 0.801. The van der Waals surface area contributed by atoms with Crippen molar-refractivity contribution in [2.45, 2.75) is 27.2 Å². The number of hydrogen-bond acceptors (Lipinski definition) is 5. The normalized spacial score (nSPS) is 10.7. The van der Waals surface area contributed by atoms with Gasteiger partial charge in [-0.2, -0.15) is 0 Å². The highest BCUT2D eigenvalue weighted by molar-refractivity contribution is 5.57. The molecule has 0 aliphatic heterocycles. The molecule has 1 N–H and O–H groups in total. The third-order valence-corrected chi connectivity index (χ3v) is 2.70. The van der Waals surface area contributed by atoms with Crippen LogP contribution in [0.2, 0.25) is 0 Å². The van der Waals surface area contributed by atoms with E-state index < -0.39 is 4.92 Å². The van der Waals surface area contributed by atoms with Crippen molar-refractivity contribution in [1.29, 1.82) is 0 Å². The van der Waals surface area contributed by atoms with Gasteiger partial charge in [0.05, 0.1) is 11.5 Å². The highest BCUT2D eigenvalue weighted by Gasteiger charge is 2.15. The third-order valence-electron chi connectivity index (χ3n) is 2.70. The molecule has 0 aliphatic rings. The maximum absolute atomic E-state index is 10.9. The fourth-order valence-corrected chi connectivity index (χ4v) is 1.77. The average molecular weight is 296 g/mol. The van der Waals surface area contributed by atoms with Gasteiger partial charge in [0, 0.05) is 37.6 Å². The zero-order valence-corrected chi connectivity index (χ0v) is 12.9. The van der Waals surface area contributed by atoms with Crippen molar-refractivity contribution in [3.8, 4) is 5.75 Å². The Morgan fingerprint density at radius 1 is 1.38 bits per heavy atom. The highest BCUT2D eigenvalue weighted by atomic mass is 16.6. The Labute approximate surface area is 125 Å². The lowest BCUT2D eigenvalue weighted by atomic mass is 10.2. The van der Waals surface area contributed by atoms with E-state index in [1.165, 1.54) is 6.07 Å². The van der Waals surface area contributed by atoms with Gasteiger partial charge in [-0.25, -0.2) is 0 Å². The van der Waals surface area contributed by atoms with Crippen LogP contribution in [0.15, 0.2) is 18.2 Å². The molecule has 0 fully saturated rings. The van der Waals surface area contributed by atoms with Gasteiger partial charge < -0.3 is 14.8 Å². The summed E-state index contributed by atoms with van der Waals surface area (Å²) in [7, 11) is 0. The molecule has 0 bridgehead atoms. The summed E-state index contributed by atoms with van der Waals surface area (Å²) in [6, 6.07) is 4.81. The second kappa shape index (κ2) is 9.18. The van der Waals surface area contributed by atoms with Crippen LogP contribution in [0.4, 0.5) is 11.4 Å². The van der Waals surface area contributed by atoms with Gasteiger partial charge in [-0.05, 0) is 25.3 Å². The number of nitrogens with zero attached hydrogens (tertiary/aromatic N) is 1. The molecule has 0 saturated heterocycles. The SMILES string of the molecule is CCOc1cc(NCCCOCC(C)C)ccc1[N+](=O)[O-]. The minimum absolute atomic E-state index is 0.0114. The van der Waals surface area contributed by atoms with Crippen molar-refractivity contribution in [2.75, 3.05) is 31.7 Å². The van der Waals surface area contributed by atoms with Gasteiger partial charge in [0.2, 0.25) is 0 Å². The lowest BCUT2D eigenvalue weighted by Crippen LogP contribution is -2.08. The van der Waals surface area contributed by atoms with E-state index in [0.29, 0.717) is 24.9 Å². The Morgan fingerprint density at radius 3 is 2.76 bits per heavy atom. The van der Waals surface area contributed by atoms with Crippen LogP contribution < -0.4 is 10.1 Å². The molecule has 0 spiro atoms. The molecule has 1 aromatic carbocycles. The van der Waals surface area contributed by atoms with Gasteiger partial charge in [0.1, 0.15) is 0 Å². The molecule has 0 saturated carbocycles. The lowest BCUT2D eigenvalue weighted by molar-refractivity contribution is -0.385. The molecule has 1 aromatic rings. The zero-order chi connectivity index (χ0) is 15.7. The molecule has 0 unspecified atom stereocenters. The molecule has 6 heteroatoms. The number of hydrogen-bond donors (Lipinski definition) is 1. The van der Waals surface area contributed by atoms with E-state index in [4.69, 9.17) is 9.47 Å². The number of benzene rings is 1. The van der Waals surface area contributed by atoms with Gasteiger partial charge >= 0.3 is 5.69 Å². The number of anilines is 1. The van der Waals surface area contributed by atoms with Crippen molar-refractivity contribution in [3.63, 3.8) is 0 Å². The first-order valence-electron chi connectivity index (χ1n) is 7.27. The van der Waals surface area contributed by atoms with Crippen molar-refractivity contribution in [3.05, 3.63) is 28.3 Å². The van der Waals surface area contributed by atoms with Crippen LogP contribution in [0.3, 0.4) is 0 Å². The van der Waals surface area contributed by atoms with Crippen molar-refractivity contribution < 1.29 is 14.4 Å². The Kier molecular flexibility index (Phi) is 7.53. The Morgan fingerprint density at radius 2 is 2.14 bits per heavy atom. The van der Waals surface area contributed by atoms with Gasteiger partial charge in [0.15, 0.2) is 5.75 Å². The predicted octanol–water partition coefficient (Wildman–Crippen LogP) is 3.47. The van der Waals surface area contributed by atoms with Crippen LogP contribution in [-0.4, -0.2) is 31.3 Å². The van der Waals surface area contributed by atoms with Crippen molar-refractivity contribution in [1.82, 2.24) is 0 Å². The third kappa shape index (κ3) is 6.44. The molecular weight excluding hydrogens is 272 g/mol. The largest absolute Gasteiger partial charge is 0.487 e. The van der Waals surface area contributed by atoms with Crippen LogP contribution in [-0.2, 0) is 4.74 Å². The summed E-state index contributed by atoms with van der Waals surface area (Å²) in [4.78, 5) is 10.4. The van der Waals surface area contributed by atoms with E-state index in [0.717, 1.165) is 25.3 Å². The predicted molar refractivity (Wildman–Crippen MR) is 83.0 cm³/mol. The van der Waals surface area contributed by atoms with Crippen molar-refractivity contribution in [2.24, 2.45) is 5.92 Å². The molecule has 0 amide bonds. The van der Waals surface area contributed by atoms with E-state index in [1.54, 1.807) is 19.1 Å². The maximum Gasteiger partial charge on any atom is 0.311 e. The molecule has 21 heavy (non-hydrogen) atoms. The number of nitro benzene ring substituents is 1. The standard InChI is InChI=1S/C15H24N2O4/c1-4-21-15-10-13(6-7-14(15)17(18)19)16-8-5-9-20-11-12(2)3/h6-7,10,12,16H,4-5,8-9,11H2,1-3H3. The summed E-state index contributed by atoms with van der Waals surface area (Å²) in [6.07, 6.45) is 0.883. The molecular formula is C15H24N2O4. The van der Waals surface area contributed by atoms with E-state index in [1.807, 2.05) is 0 Å².